The van der Waals surface area contributed by atoms with Crippen LogP contribution in [-0.4, -0.2) is 4.87 Å². The first-order chi connectivity index (χ1) is 4.46. The van der Waals surface area contributed by atoms with Crippen molar-refractivity contribution in [1.82, 2.24) is 0 Å². The highest BCUT2D eigenvalue weighted by molar-refractivity contribution is 9.12. The number of hydrogen-bond acceptors (Lipinski definition) is 1. The third-order valence-electron chi connectivity index (χ3n) is 1.75. The minimum atomic E-state index is -0.387. The molecule has 0 amide bonds. The summed E-state index contributed by atoms with van der Waals surface area (Å²) in [5.41, 5.74) is 1.13. The molecule has 0 nitrogen and oxygen atoms in total. The monoisotopic (exact) mass is 238 g/mol. The SMILES string of the molecule is CC1=CC(Br)=C(S)C1(C)Cl. The lowest BCUT2D eigenvalue weighted by molar-refractivity contribution is 0.917. The molecule has 0 saturated carbocycles. The highest BCUT2D eigenvalue weighted by Crippen LogP contribution is 2.44. The molecule has 3 heteroatoms. The average molecular weight is 240 g/mol. The zero-order valence-electron chi connectivity index (χ0n) is 5.78. The van der Waals surface area contributed by atoms with Gasteiger partial charge in [0.15, 0.2) is 0 Å². The van der Waals surface area contributed by atoms with Gasteiger partial charge >= 0.3 is 0 Å². The molecule has 0 radical (unpaired) electrons. The molecule has 1 atom stereocenters. The minimum absolute atomic E-state index is 0.387. The molecule has 1 aliphatic rings. The molecular weight excluding hydrogens is 232 g/mol. The van der Waals surface area contributed by atoms with Crippen LogP contribution in [0.2, 0.25) is 0 Å². The number of rotatable bonds is 0. The lowest BCUT2D eigenvalue weighted by Gasteiger charge is -2.18. The minimum Gasteiger partial charge on any atom is -0.145 e. The number of allylic oxidation sites excluding steroid dienone is 4. The Morgan fingerprint density at radius 2 is 2.20 bits per heavy atom. The molecule has 0 bridgehead atoms. The van der Waals surface area contributed by atoms with Gasteiger partial charge in [-0.2, -0.15) is 0 Å². The van der Waals surface area contributed by atoms with Crippen LogP contribution in [0.1, 0.15) is 13.8 Å². The lowest BCUT2D eigenvalue weighted by atomic mass is 10.1. The van der Waals surface area contributed by atoms with E-state index in [4.69, 9.17) is 11.6 Å². The van der Waals surface area contributed by atoms with E-state index in [9.17, 15) is 0 Å². The molecule has 1 aliphatic carbocycles. The van der Waals surface area contributed by atoms with E-state index < -0.39 is 0 Å². The molecule has 0 aliphatic heterocycles. The third kappa shape index (κ3) is 1.17. The van der Waals surface area contributed by atoms with Gasteiger partial charge in [-0.25, -0.2) is 0 Å². The van der Waals surface area contributed by atoms with E-state index in [0.717, 1.165) is 15.0 Å². The number of thiol groups is 1. The normalized spacial score (nSPS) is 33.1. The van der Waals surface area contributed by atoms with Crippen molar-refractivity contribution in [2.45, 2.75) is 18.7 Å². The van der Waals surface area contributed by atoms with Gasteiger partial charge in [0.2, 0.25) is 0 Å². The van der Waals surface area contributed by atoms with Gasteiger partial charge in [0.25, 0.3) is 0 Å². The van der Waals surface area contributed by atoms with E-state index in [0.29, 0.717) is 0 Å². The largest absolute Gasteiger partial charge is 0.145 e. The molecule has 0 heterocycles. The van der Waals surface area contributed by atoms with E-state index in [2.05, 4.69) is 28.6 Å². The van der Waals surface area contributed by atoms with Crippen LogP contribution in [0, 0.1) is 0 Å². The molecule has 0 saturated heterocycles. The Kier molecular flexibility index (Phi) is 2.24. The molecule has 0 aromatic heterocycles. The van der Waals surface area contributed by atoms with Crippen molar-refractivity contribution in [2.24, 2.45) is 0 Å². The van der Waals surface area contributed by atoms with Crippen LogP contribution in [0.3, 0.4) is 0 Å². The van der Waals surface area contributed by atoms with Crippen molar-refractivity contribution < 1.29 is 0 Å². The topological polar surface area (TPSA) is 0 Å². The third-order valence-corrected chi connectivity index (χ3v) is 3.99. The zero-order chi connectivity index (χ0) is 7.94. The van der Waals surface area contributed by atoms with E-state index in [-0.39, 0.29) is 4.87 Å². The molecule has 0 N–H and O–H groups in total. The summed E-state index contributed by atoms with van der Waals surface area (Å²) in [4.78, 5) is 0.508. The van der Waals surface area contributed by atoms with Crippen molar-refractivity contribution in [1.29, 1.82) is 0 Å². The van der Waals surface area contributed by atoms with Gasteiger partial charge in [-0.15, -0.1) is 24.2 Å². The van der Waals surface area contributed by atoms with Crippen LogP contribution in [-0.2, 0) is 0 Å². The Morgan fingerprint density at radius 1 is 1.70 bits per heavy atom. The Labute approximate surface area is 79.9 Å². The number of halogens is 2. The first-order valence-electron chi connectivity index (χ1n) is 2.93. The summed E-state index contributed by atoms with van der Waals surface area (Å²) in [5.74, 6) is 0. The molecule has 0 fully saturated rings. The highest BCUT2D eigenvalue weighted by atomic mass is 79.9. The molecule has 1 rings (SSSR count). The predicted octanol–water partition coefficient (Wildman–Crippen LogP) is 3.48. The van der Waals surface area contributed by atoms with Gasteiger partial charge in [-0.3, -0.25) is 0 Å². The zero-order valence-corrected chi connectivity index (χ0v) is 9.02. The second-order valence-electron chi connectivity index (χ2n) is 2.53. The van der Waals surface area contributed by atoms with Gasteiger partial charge in [-0.1, -0.05) is 0 Å². The van der Waals surface area contributed by atoms with E-state index in [1.54, 1.807) is 0 Å². The van der Waals surface area contributed by atoms with E-state index in [1.807, 2.05) is 19.9 Å². The second-order valence-corrected chi connectivity index (χ2v) is 4.58. The summed E-state index contributed by atoms with van der Waals surface area (Å²) in [5, 5.41) is 0. The first-order valence-corrected chi connectivity index (χ1v) is 4.55. The Morgan fingerprint density at radius 3 is 2.30 bits per heavy atom. The summed E-state index contributed by atoms with van der Waals surface area (Å²) in [6.07, 6.45) is 2.00. The van der Waals surface area contributed by atoms with Gasteiger partial charge in [-0.05, 0) is 41.4 Å². The average Bonchev–Trinajstić information content (AvgIpc) is 1.97. The van der Waals surface area contributed by atoms with Gasteiger partial charge < -0.3 is 0 Å². The van der Waals surface area contributed by atoms with Crippen molar-refractivity contribution >= 4 is 40.2 Å². The number of hydrogen-bond donors (Lipinski definition) is 1. The van der Waals surface area contributed by atoms with Crippen molar-refractivity contribution in [3.8, 4) is 0 Å². The van der Waals surface area contributed by atoms with Crippen LogP contribution in [0.5, 0.6) is 0 Å². The van der Waals surface area contributed by atoms with Crippen LogP contribution < -0.4 is 0 Å². The molecule has 0 aromatic rings. The first kappa shape index (κ1) is 8.69. The fraction of sp³-hybridized carbons (Fsp3) is 0.429. The fourth-order valence-corrected chi connectivity index (χ4v) is 2.06. The lowest BCUT2D eigenvalue weighted by Crippen LogP contribution is -2.14. The molecule has 10 heavy (non-hydrogen) atoms. The summed E-state index contributed by atoms with van der Waals surface area (Å²) in [6.45, 7) is 3.94. The van der Waals surface area contributed by atoms with Crippen molar-refractivity contribution in [3.63, 3.8) is 0 Å². The van der Waals surface area contributed by atoms with Crippen LogP contribution in [0.15, 0.2) is 21.0 Å². The summed E-state index contributed by atoms with van der Waals surface area (Å²) in [7, 11) is 0. The molecule has 56 valence electrons. The molecular formula is C7H8BrClS. The quantitative estimate of drug-likeness (QED) is 0.486. The smallest absolute Gasteiger partial charge is 0.0943 e. The maximum absolute atomic E-state index is 6.13. The van der Waals surface area contributed by atoms with Crippen LogP contribution in [0.4, 0.5) is 0 Å². The fourth-order valence-electron chi connectivity index (χ4n) is 0.805. The van der Waals surface area contributed by atoms with Gasteiger partial charge in [0.1, 0.15) is 0 Å². The number of alkyl halides is 1. The Bertz CT molecular complexity index is 228. The summed E-state index contributed by atoms with van der Waals surface area (Å²) in [6, 6.07) is 0. The highest BCUT2D eigenvalue weighted by Gasteiger charge is 2.32. The Hall–Kier alpha value is 0.600. The maximum atomic E-state index is 6.13. The second kappa shape index (κ2) is 2.58. The summed E-state index contributed by atoms with van der Waals surface area (Å²) >= 11 is 13.8. The molecule has 0 aromatic carbocycles. The van der Waals surface area contributed by atoms with Crippen molar-refractivity contribution in [2.75, 3.05) is 0 Å². The van der Waals surface area contributed by atoms with E-state index in [1.165, 1.54) is 0 Å². The Balaban J connectivity index is 3.11. The van der Waals surface area contributed by atoms with Crippen LogP contribution in [0.25, 0.3) is 0 Å². The van der Waals surface area contributed by atoms with Crippen molar-refractivity contribution in [3.05, 3.63) is 21.0 Å². The predicted molar refractivity (Wildman–Crippen MR) is 53.0 cm³/mol. The van der Waals surface area contributed by atoms with Gasteiger partial charge in [0.05, 0.1) is 4.87 Å². The molecule has 0 spiro atoms. The standard InChI is InChI=1S/C7H8BrClS/c1-4-3-5(8)6(10)7(4,2)9/h3,10H,1-2H3. The molecule has 1 unspecified atom stereocenters. The van der Waals surface area contributed by atoms with Crippen LogP contribution >= 0.6 is 40.2 Å². The summed E-state index contributed by atoms with van der Waals surface area (Å²) < 4.78 is 0.992. The van der Waals surface area contributed by atoms with Gasteiger partial charge in [0, 0.05) is 9.39 Å². The van der Waals surface area contributed by atoms with E-state index >= 15 is 0 Å². The maximum Gasteiger partial charge on any atom is 0.0943 e.